The predicted octanol–water partition coefficient (Wildman–Crippen LogP) is 3.10. The van der Waals surface area contributed by atoms with E-state index >= 15 is 0 Å². The highest BCUT2D eigenvalue weighted by Gasteiger charge is 2.14. The first-order valence-electron chi connectivity index (χ1n) is 8.13. The summed E-state index contributed by atoms with van der Waals surface area (Å²) in [6.45, 7) is -3.04. The van der Waals surface area contributed by atoms with E-state index in [4.69, 9.17) is 8.22 Å². The fourth-order valence-electron chi connectivity index (χ4n) is 1.78. The second-order valence-electron chi connectivity index (χ2n) is 3.85. The van der Waals surface area contributed by atoms with Crippen LogP contribution in [0.1, 0.15) is 25.0 Å². The minimum absolute atomic E-state index is 0.132. The Morgan fingerprint density at radius 3 is 2.50 bits per heavy atom. The molecular formula is C15H18N+. The summed E-state index contributed by atoms with van der Waals surface area (Å²) >= 11 is 0. The smallest absolute Gasteiger partial charge is 0.198 e. The fourth-order valence-corrected chi connectivity index (χ4v) is 1.78. The summed E-state index contributed by atoms with van der Waals surface area (Å²) < 4.78 is 47.3. The van der Waals surface area contributed by atoms with Crippen LogP contribution in [0.25, 0.3) is 11.3 Å². The van der Waals surface area contributed by atoms with E-state index in [0.29, 0.717) is 5.69 Å². The molecule has 0 aliphatic rings. The van der Waals surface area contributed by atoms with Crippen molar-refractivity contribution in [2.45, 2.75) is 20.6 Å². The second-order valence-corrected chi connectivity index (χ2v) is 3.85. The van der Waals surface area contributed by atoms with Gasteiger partial charge in [-0.25, -0.2) is 0 Å². The Hall–Kier alpha value is -1.63. The van der Waals surface area contributed by atoms with Crippen LogP contribution in [0.15, 0.2) is 36.4 Å². The van der Waals surface area contributed by atoms with Gasteiger partial charge in [-0.1, -0.05) is 18.2 Å². The Bertz CT molecular complexity index is 700. The molecule has 0 amide bonds. The zero-order chi connectivity index (χ0) is 16.7. The average Bonchev–Trinajstić information content (AvgIpc) is 2.37. The summed E-state index contributed by atoms with van der Waals surface area (Å²) in [5.74, 6) is 0. The van der Waals surface area contributed by atoms with Crippen LogP contribution in [-0.4, -0.2) is 0 Å². The molecular weight excluding hydrogens is 194 g/mol. The number of aryl methyl sites for hydroxylation is 2. The summed E-state index contributed by atoms with van der Waals surface area (Å²) in [7, 11) is 1.60. The van der Waals surface area contributed by atoms with Gasteiger partial charge in [-0.05, 0) is 31.5 Å². The van der Waals surface area contributed by atoms with Crippen LogP contribution < -0.4 is 4.57 Å². The third-order valence-corrected chi connectivity index (χ3v) is 2.78. The van der Waals surface area contributed by atoms with E-state index in [1.165, 1.54) is 10.6 Å². The molecule has 1 aromatic heterocycles. The van der Waals surface area contributed by atoms with Crippen molar-refractivity contribution >= 4 is 0 Å². The molecule has 16 heavy (non-hydrogen) atoms. The molecule has 0 fully saturated rings. The third kappa shape index (κ3) is 1.73. The van der Waals surface area contributed by atoms with E-state index in [2.05, 4.69) is 0 Å². The molecule has 0 aliphatic carbocycles. The molecule has 1 heteroatoms. The molecule has 0 bridgehead atoms. The molecule has 1 nitrogen and oxygen atoms in total. The summed E-state index contributed by atoms with van der Waals surface area (Å²) in [4.78, 5) is 0. The third-order valence-electron chi connectivity index (χ3n) is 2.78. The molecule has 0 spiro atoms. The number of hydrogen-bond acceptors (Lipinski definition) is 0. The first-order valence-corrected chi connectivity index (χ1v) is 5.13. The highest BCUT2D eigenvalue weighted by molar-refractivity contribution is 5.60. The van der Waals surface area contributed by atoms with Gasteiger partial charge in [0.2, 0.25) is 5.69 Å². The quantitative estimate of drug-likeness (QED) is 0.648. The number of rotatable bonds is 1. The van der Waals surface area contributed by atoms with Gasteiger partial charge in [-0.2, -0.15) is 4.57 Å². The van der Waals surface area contributed by atoms with Gasteiger partial charge in [0, 0.05) is 32.3 Å². The van der Waals surface area contributed by atoms with Crippen LogP contribution in [0.5, 0.6) is 0 Å². The summed E-state index contributed by atoms with van der Waals surface area (Å²) in [5, 5.41) is 0. The van der Waals surface area contributed by atoms with Crippen molar-refractivity contribution in [1.29, 1.82) is 0 Å². The first-order chi connectivity index (χ1) is 10.0. The average molecular weight is 218 g/mol. The van der Waals surface area contributed by atoms with Gasteiger partial charge < -0.3 is 0 Å². The van der Waals surface area contributed by atoms with Crippen LogP contribution >= 0.6 is 0 Å². The maximum absolute atomic E-state index is 7.71. The molecule has 0 atom stereocenters. The lowest BCUT2D eigenvalue weighted by Crippen LogP contribution is -2.35. The molecule has 2 aromatic rings. The van der Waals surface area contributed by atoms with Crippen molar-refractivity contribution in [1.82, 2.24) is 0 Å². The topological polar surface area (TPSA) is 3.88 Å². The molecule has 0 N–H and O–H groups in total. The Kier molecular flexibility index (Phi) is 1.44. The van der Waals surface area contributed by atoms with E-state index < -0.39 is 13.7 Å². The van der Waals surface area contributed by atoms with Crippen LogP contribution in [0.2, 0.25) is 0 Å². The Morgan fingerprint density at radius 2 is 1.81 bits per heavy atom. The minimum atomic E-state index is -2.50. The Morgan fingerprint density at radius 1 is 1.00 bits per heavy atom. The van der Waals surface area contributed by atoms with Gasteiger partial charge >= 0.3 is 0 Å². The van der Waals surface area contributed by atoms with Gasteiger partial charge in [0.25, 0.3) is 0 Å². The number of nitrogens with zero attached hydrogens (tertiary/aromatic N) is 1. The fraction of sp³-hybridized carbons (Fsp3) is 0.267. The lowest BCUT2D eigenvalue weighted by atomic mass is 10.0. The van der Waals surface area contributed by atoms with Crippen molar-refractivity contribution < 1.29 is 12.8 Å². The molecule has 82 valence electrons. The van der Waals surface area contributed by atoms with Crippen molar-refractivity contribution in [2.75, 3.05) is 0 Å². The highest BCUT2D eigenvalue weighted by atomic mass is 14.9. The first kappa shape index (κ1) is 5.62. The van der Waals surface area contributed by atoms with Gasteiger partial charge in [-0.3, -0.25) is 0 Å². The predicted molar refractivity (Wildman–Crippen MR) is 67.3 cm³/mol. The van der Waals surface area contributed by atoms with E-state index in [9.17, 15) is 0 Å². The molecule has 0 unspecified atom stereocenters. The Balaban J connectivity index is 2.80. The van der Waals surface area contributed by atoms with Gasteiger partial charge in [0.05, 0.1) is 0 Å². The monoisotopic (exact) mass is 218 g/mol. The van der Waals surface area contributed by atoms with Crippen LogP contribution in [0.3, 0.4) is 0 Å². The lowest BCUT2D eigenvalue weighted by molar-refractivity contribution is -0.667. The normalized spacial score (nSPS) is 17.6. The number of hydrogen-bond donors (Lipinski definition) is 0. The molecule has 0 radical (unpaired) electrons. The van der Waals surface area contributed by atoms with Crippen molar-refractivity contribution in [3.05, 3.63) is 53.2 Å². The summed E-state index contributed by atoms with van der Waals surface area (Å²) in [5.41, 5.74) is 2.28. The standard InChI is InChI=1S/C15H18N/c1-11-9-10-15(16(4)13(11)3)14-8-6-5-7-12(14)2/h5-10H,1-4H3/q+1/i1D3,3D3. The van der Waals surface area contributed by atoms with Crippen LogP contribution in [0, 0.1) is 20.6 Å². The van der Waals surface area contributed by atoms with Gasteiger partial charge in [-0.15, -0.1) is 0 Å². The largest absolute Gasteiger partial charge is 0.212 e. The van der Waals surface area contributed by atoms with E-state index in [1.54, 1.807) is 13.1 Å². The van der Waals surface area contributed by atoms with E-state index in [-0.39, 0.29) is 11.3 Å². The number of aromatic nitrogens is 1. The van der Waals surface area contributed by atoms with Crippen LogP contribution in [0.4, 0.5) is 0 Å². The van der Waals surface area contributed by atoms with E-state index in [1.807, 2.05) is 31.2 Å². The molecule has 1 aromatic carbocycles. The van der Waals surface area contributed by atoms with Crippen molar-refractivity contribution in [3.8, 4) is 11.3 Å². The summed E-state index contributed by atoms with van der Waals surface area (Å²) in [6.07, 6.45) is 0. The molecule has 0 saturated heterocycles. The molecule has 0 aliphatic heterocycles. The van der Waals surface area contributed by atoms with Crippen molar-refractivity contribution in [2.24, 2.45) is 7.05 Å². The van der Waals surface area contributed by atoms with E-state index in [0.717, 1.165) is 11.1 Å². The maximum Gasteiger partial charge on any atom is 0.212 e. The Labute approximate surface area is 106 Å². The number of pyridine rings is 1. The number of benzene rings is 1. The summed E-state index contributed by atoms with van der Waals surface area (Å²) in [6, 6.07) is 10.7. The maximum atomic E-state index is 7.71. The van der Waals surface area contributed by atoms with Crippen LogP contribution in [-0.2, 0) is 7.05 Å². The molecule has 0 saturated carbocycles. The zero-order valence-electron chi connectivity index (χ0n) is 15.4. The lowest BCUT2D eigenvalue weighted by Gasteiger charge is -2.07. The van der Waals surface area contributed by atoms with Crippen molar-refractivity contribution in [3.63, 3.8) is 0 Å². The SMILES string of the molecule is [2H]C([2H])([2H])c1ccc(-c2ccccc2C)[n+](C)c1C([2H])([2H])[2H]. The highest BCUT2D eigenvalue weighted by Crippen LogP contribution is 2.20. The molecule has 2 rings (SSSR count). The minimum Gasteiger partial charge on any atom is -0.198 e. The van der Waals surface area contributed by atoms with Gasteiger partial charge in [0.15, 0.2) is 5.69 Å². The second kappa shape index (κ2) is 4.09. The van der Waals surface area contributed by atoms with Gasteiger partial charge in [0.1, 0.15) is 7.05 Å². The molecule has 1 heterocycles. The zero-order valence-corrected chi connectivity index (χ0v) is 9.41.